The molecule has 5 heteroatoms. The highest BCUT2D eigenvalue weighted by atomic mass is 35.5. The van der Waals surface area contributed by atoms with Gasteiger partial charge in [0, 0.05) is 26.8 Å². The number of hydrogen-bond acceptors (Lipinski definition) is 3. The van der Waals surface area contributed by atoms with Gasteiger partial charge in [0.15, 0.2) is 5.76 Å². The highest BCUT2D eigenvalue weighted by Gasteiger charge is 2.13. The Morgan fingerprint density at radius 2 is 1.90 bits per heavy atom. The zero-order chi connectivity index (χ0) is 14.8. The smallest absolute Gasteiger partial charge is 0.284 e. The van der Waals surface area contributed by atoms with Crippen molar-refractivity contribution in [2.75, 3.05) is 0 Å². The summed E-state index contributed by atoms with van der Waals surface area (Å²) in [5, 5.41) is 0.722. The average Bonchev–Trinajstić information content (AvgIpc) is 3.09. The molecule has 0 spiro atoms. The fraction of sp³-hybridized carbons (Fsp3) is 0.0625. The topological polar surface area (TPSA) is 56.2 Å². The predicted molar refractivity (Wildman–Crippen MR) is 84.8 cm³/mol. The van der Waals surface area contributed by atoms with Crippen molar-refractivity contribution in [1.29, 1.82) is 0 Å². The minimum absolute atomic E-state index is 0.233. The number of rotatable bonds is 4. The third-order valence-electron chi connectivity index (χ3n) is 3.13. The van der Waals surface area contributed by atoms with E-state index in [4.69, 9.17) is 21.8 Å². The molecular weight excluding hydrogens is 306 g/mol. The minimum atomic E-state index is -0.538. The summed E-state index contributed by atoms with van der Waals surface area (Å²) in [6.07, 6.45) is 2.12. The number of carbonyl (C=O) groups is 1. The third-order valence-corrected chi connectivity index (χ3v) is 4.51. The zero-order valence-corrected chi connectivity index (χ0v) is 12.6. The maximum atomic E-state index is 11.3. The standard InChI is InChI=1S/C16H12ClNO2S/c17-12-3-1-10(2-4-12)14-6-5-13(21-14)9-11-7-8-20-15(11)16(18)19/h1-8H,9H2,(H2,18,19). The first-order valence-electron chi connectivity index (χ1n) is 6.34. The summed E-state index contributed by atoms with van der Waals surface area (Å²) in [6, 6.07) is 13.6. The van der Waals surface area contributed by atoms with E-state index in [0.717, 1.165) is 25.9 Å². The second kappa shape index (κ2) is 5.76. The van der Waals surface area contributed by atoms with Crippen molar-refractivity contribution >= 4 is 28.8 Å². The predicted octanol–water partition coefficient (Wildman–Crippen LogP) is 4.35. The lowest BCUT2D eigenvalue weighted by Crippen LogP contribution is -2.11. The van der Waals surface area contributed by atoms with E-state index in [2.05, 4.69) is 6.07 Å². The maximum Gasteiger partial charge on any atom is 0.284 e. The minimum Gasteiger partial charge on any atom is -0.459 e. The molecule has 21 heavy (non-hydrogen) atoms. The number of furan rings is 1. The van der Waals surface area contributed by atoms with E-state index >= 15 is 0 Å². The van der Waals surface area contributed by atoms with Gasteiger partial charge < -0.3 is 10.2 Å². The molecule has 0 radical (unpaired) electrons. The van der Waals surface area contributed by atoms with Gasteiger partial charge in [-0.3, -0.25) is 4.79 Å². The number of halogens is 1. The van der Waals surface area contributed by atoms with Gasteiger partial charge in [0.1, 0.15) is 0 Å². The Morgan fingerprint density at radius 1 is 1.14 bits per heavy atom. The summed E-state index contributed by atoms with van der Waals surface area (Å²) in [6.45, 7) is 0. The Morgan fingerprint density at radius 3 is 2.62 bits per heavy atom. The van der Waals surface area contributed by atoms with Crippen LogP contribution in [0.4, 0.5) is 0 Å². The van der Waals surface area contributed by atoms with Crippen molar-refractivity contribution in [1.82, 2.24) is 0 Å². The van der Waals surface area contributed by atoms with Crippen LogP contribution in [0.25, 0.3) is 10.4 Å². The number of carbonyl (C=O) groups excluding carboxylic acids is 1. The second-order valence-corrected chi connectivity index (χ2v) is 6.19. The van der Waals surface area contributed by atoms with Crippen molar-refractivity contribution in [2.24, 2.45) is 5.73 Å². The van der Waals surface area contributed by atoms with E-state index < -0.39 is 5.91 Å². The molecule has 3 aromatic rings. The zero-order valence-electron chi connectivity index (χ0n) is 11.0. The highest BCUT2D eigenvalue weighted by molar-refractivity contribution is 7.15. The molecule has 3 nitrogen and oxygen atoms in total. The molecule has 0 fully saturated rings. The first-order valence-corrected chi connectivity index (χ1v) is 7.54. The second-order valence-electron chi connectivity index (χ2n) is 4.59. The normalized spacial score (nSPS) is 10.7. The van der Waals surface area contributed by atoms with Crippen LogP contribution in [0.1, 0.15) is 21.0 Å². The SMILES string of the molecule is NC(=O)c1occc1Cc1ccc(-c2ccc(Cl)cc2)s1. The Hall–Kier alpha value is -2.04. The van der Waals surface area contributed by atoms with Crippen molar-refractivity contribution in [3.8, 4) is 10.4 Å². The van der Waals surface area contributed by atoms with E-state index in [1.54, 1.807) is 17.4 Å². The lowest BCUT2D eigenvalue weighted by molar-refractivity contribution is 0.0973. The van der Waals surface area contributed by atoms with E-state index in [9.17, 15) is 4.79 Å². The van der Waals surface area contributed by atoms with E-state index in [-0.39, 0.29) is 5.76 Å². The lowest BCUT2D eigenvalue weighted by Gasteiger charge is -1.98. The van der Waals surface area contributed by atoms with Crippen LogP contribution in [0.3, 0.4) is 0 Å². The van der Waals surface area contributed by atoms with Gasteiger partial charge in [-0.05, 0) is 35.9 Å². The van der Waals surface area contributed by atoms with Crippen molar-refractivity contribution in [3.05, 3.63) is 70.0 Å². The molecule has 0 saturated carbocycles. The fourth-order valence-electron chi connectivity index (χ4n) is 2.12. The van der Waals surface area contributed by atoms with Crippen LogP contribution in [-0.4, -0.2) is 5.91 Å². The fourth-order valence-corrected chi connectivity index (χ4v) is 3.28. The average molecular weight is 318 g/mol. The van der Waals surface area contributed by atoms with Gasteiger partial charge in [0.25, 0.3) is 5.91 Å². The Bertz CT molecular complexity index is 774. The van der Waals surface area contributed by atoms with Gasteiger partial charge in [-0.1, -0.05) is 23.7 Å². The maximum absolute atomic E-state index is 11.3. The van der Waals surface area contributed by atoms with Gasteiger partial charge in [0.05, 0.1) is 6.26 Å². The van der Waals surface area contributed by atoms with E-state index in [1.165, 1.54) is 6.26 Å². The van der Waals surface area contributed by atoms with Gasteiger partial charge in [-0.25, -0.2) is 0 Å². The molecule has 2 N–H and O–H groups in total. The first-order chi connectivity index (χ1) is 10.1. The molecule has 0 aliphatic rings. The molecule has 0 unspecified atom stereocenters. The molecular formula is C16H12ClNO2S. The first kappa shape index (κ1) is 13.9. The molecule has 3 rings (SSSR count). The number of nitrogens with two attached hydrogens (primary N) is 1. The lowest BCUT2D eigenvalue weighted by atomic mass is 10.1. The summed E-state index contributed by atoms with van der Waals surface area (Å²) in [5.41, 5.74) is 7.22. The van der Waals surface area contributed by atoms with Crippen molar-refractivity contribution in [2.45, 2.75) is 6.42 Å². The summed E-state index contributed by atoms with van der Waals surface area (Å²) in [7, 11) is 0. The number of amides is 1. The quantitative estimate of drug-likeness (QED) is 0.777. The molecule has 106 valence electrons. The van der Waals surface area contributed by atoms with Crippen LogP contribution in [0.5, 0.6) is 0 Å². The van der Waals surface area contributed by atoms with Crippen LogP contribution >= 0.6 is 22.9 Å². The van der Waals surface area contributed by atoms with Crippen LogP contribution in [0.15, 0.2) is 53.1 Å². The van der Waals surface area contributed by atoms with E-state index in [1.807, 2.05) is 30.3 Å². The van der Waals surface area contributed by atoms with Gasteiger partial charge in [-0.15, -0.1) is 11.3 Å². The molecule has 0 bridgehead atoms. The molecule has 1 amide bonds. The summed E-state index contributed by atoms with van der Waals surface area (Å²) >= 11 is 7.57. The molecule has 0 saturated heterocycles. The van der Waals surface area contributed by atoms with Gasteiger partial charge >= 0.3 is 0 Å². The Balaban J connectivity index is 1.83. The number of benzene rings is 1. The largest absolute Gasteiger partial charge is 0.459 e. The van der Waals surface area contributed by atoms with Crippen molar-refractivity contribution < 1.29 is 9.21 Å². The van der Waals surface area contributed by atoms with Gasteiger partial charge in [-0.2, -0.15) is 0 Å². The Labute approximate surface area is 131 Å². The third kappa shape index (κ3) is 3.01. The number of primary amides is 1. The molecule has 2 aromatic heterocycles. The Kier molecular flexibility index (Phi) is 3.82. The molecule has 1 aromatic carbocycles. The molecule has 2 heterocycles. The molecule has 0 atom stereocenters. The summed E-state index contributed by atoms with van der Waals surface area (Å²) in [5.74, 6) is -0.305. The molecule has 0 aliphatic heterocycles. The van der Waals surface area contributed by atoms with Crippen LogP contribution < -0.4 is 5.73 Å². The van der Waals surface area contributed by atoms with E-state index in [0.29, 0.717) is 6.42 Å². The van der Waals surface area contributed by atoms with Crippen molar-refractivity contribution in [3.63, 3.8) is 0 Å². The monoisotopic (exact) mass is 317 g/mol. The van der Waals surface area contributed by atoms with Gasteiger partial charge in [0.2, 0.25) is 0 Å². The molecule has 0 aliphatic carbocycles. The number of thiophene rings is 1. The summed E-state index contributed by atoms with van der Waals surface area (Å²) < 4.78 is 5.12. The van der Waals surface area contributed by atoms with Crippen LogP contribution in [0, 0.1) is 0 Å². The van der Waals surface area contributed by atoms with Crippen LogP contribution in [-0.2, 0) is 6.42 Å². The van der Waals surface area contributed by atoms with Crippen LogP contribution in [0.2, 0.25) is 5.02 Å². The summed E-state index contributed by atoms with van der Waals surface area (Å²) in [4.78, 5) is 13.6. The number of hydrogen-bond donors (Lipinski definition) is 1. The highest BCUT2D eigenvalue weighted by Crippen LogP contribution is 2.30.